The van der Waals surface area contributed by atoms with Gasteiger partial charge in [0.2, 0.25) is 0 Å². The van der Waals surface area contributed by atoms with Crippen molar-refractivity contribution in [1.82, 2.24) is 9.88 Å². The Morgan fingerprint density at radius 2 is 2.05 bits per heavy atom. The maximum Gasteiger partial charge on any atom is 0.306 e. The fourth-order valence-electron chi connectivity index (χ4n) is 2.33. The van der Waals surface area contributed by atoms with E-state index < -0.39 is 5.91 Å². The first-order valence-corrected chi connectivity index (χ1v) is 6.90. The fourth-order valence-corrected chi connectivity index (χ4v) is 2.33. The summed E-state index contributed by atoms with van der Waals surface area (Å²) in [5.74, 6) is -0.703. The van der Waals surface area contributed by atoms with Crippen LogP contribution in [0.5, 0.6) is 0 Å². The second-order valence-corrected chi connectivity index (χ2v) is 4.92. The molecule has 1 aliphatic heterocycles. The van der Waals surface area contributed by atoms with Gasteiger partial charge in [0, 0.05) is 44.6 Å². The Morgan fingerprint density at radius 1 is 1.33 bits per heavy atom. The van der Waals surface area contributed by atoms with Crippen molar-refractivity contribution in [3.63, 3.8) is 0 Å². The molecule has 7 heteroatoms. The van der Waals surface area contributed by atoms with Crippen LogP contribution in [0.3, 0.4) is 0 Å². The molecule has 7 nitrogen and oxygen atoms in total. The molecular weight excluding hydrogens is 272 g/mol. The third kappa shape index (κ3) is 4.16. The van der Waals surface area contributed by atoms with E-state index in [2.05, 4.69) is 19.5 Å². The highest BCUT2D eigenvalue weighted by Gasteiger charge is 2.18. The van der Waals surface area contributed by atoms with Gasteiger partial charge < -0.3 is 15.4 Å². The number of nitrogens with two attached hydrogens (primary N) is 1. The lowest BCUT2D eigenvalue weighted by atomic mass is 10.2. The first kappa shape index (κ1) is 15.2. The third-order valence-corrected chi connectivity index (χ3v) is 3.59. The van der Waals surface area contributed by atoms with E-state index in [9.17, 15) is 9.59 Å². The lowest BCUT2D eigenvalue weighted by Gasteiger charge is -2.35. The second-order valence-electron chi connectivity index (χ2n) is 4.92. The van der Waals surface area contributed by atoms with E-state index in [1.54, 1.807) is 12.3 Å². The third-order valence-electron chi connectivity index (χ3n) is 3.59. The number of methoxy groups -OCH3 is 1. The average Bonchev–Trinajstić information content (AvgIpc) is 2.53. The Balaban J connectivity index is 1.87. The Kier molecular flexibility index (Phi) is 5.10. The molecule has 1 amide bonds. The Hall–Kier alpha value is -2.15. The first-order chi connectivity index (χ1) is 10.1. The van der Waals surface area contributed by atoms with E-state index in [-0.39, 0.29) is 11.7 Å². The molecule has 1 aromatic rings. The monoisotopic (exact) mass is 292 g/mol. The van der Waals surface area contributed by atoms with Gasteiger partial charge in [-0.15, -0.1) is 0 Å². The smallest absolute Gasteiger partial charge is 0.306 e. The minimum atomic E-state index is -0.520. The summed E-state index contributed by atoms with van der Waals surface area (Å²) in [6.07, 6.45) is 2.01. The predicted octanol–water partition coefficient (Wildman–Crippen LogP) is -0.134. The molecule has 0 atom stereocenters. The molecule has 0 aromatic carbocycles. The molecule has 0 radical (unpaired) electrons. The van der Waals surface area contributed by atoms with E-state index in [0.29, 0.717) is 13.0 Å². The molecule has 1 aromatic heterocycles. The molecule has 2 N–H and O–H groups in total. The van der Waals surface area contributed by atoms with Gasteiger partial charge in [-0.3, -0.25) is 19.5 Å². The molecule has 0 unspecified atom stereocenters. The van der Waals surface area contributed by atoms with Crippen LogP contribution in [0.25, 0.3) is 0 Å². The second kappa shape index (κ2) is 7.03. The molecule has 21 heavy (non-hydrogen) atoms. The molecular formula is C14H20N4O3. The molecule has 0 spiro atoms. The Bertz CT molecular complexity index is 513. The zero-order valence-corrected chi connectivity index (χ0v) is 12.1. The van der Waals surface area contributed by atoms with Gasteiger partial charge >= 0.3 is 5.97 Å². The van der Waals surface area contributed by atoms with Gasteiger partial charge in [-0.1, -0.05) is 0 Å². The van der Waals surface area contributed by atoms with Crippen LogP contribution in [0.1, 0.15) is 16.9 Å². The highest BCUT2D eigenvalue weighted by Crippen LogP contribution is 2.16. The van der Waals surface area contributed by atoms with Gasteiger partial charge in [-0.25, -0.2) is 0 Å². The number of carbonyl (C=O) groups is 2. The van der Waals surface area contributed by atoms with Crippen LogP contribution in [0.4, 0.5) is 5.69 Å². The van der Waals surface area contributed by atoms with Crippen LogP contribution in [-0.4, -0.2) is 61.6 Å². The van der Waals surface area contributed by atoms with E-state index in [1.165, 1.54) is 7.11 Å². The Labute approximate surface area is 123 Å². The topological polar surface area (TPSA) is 88.8 Å². The number of hydrogen-bond acceptors (Lipinski definition) is 6. The number of esters is 1. The van der Waals surface area contributed by atoms with Crippen molar-refractivity contribution in [3.8, 4) is 0 Å². The predicted molar refractivity (Wildman–Crippen MR) is 78.0 cm³/mol. The van der Waals surface area contributed by atoms with Gasteiger partial charge in [0.15, 0.2) is 0 Å². The molecule has 0 aliphatic carbocycles. The van der Waals surface area contributed by atoms with Crippen molar-refractivity contribution in [1.29, 1.82) is 0 Å². The SMILES string of the molecule is COC(=O)CCN1CCN(c2ccnc(C(N)=O)c2)CC1. The fraction of sp³-hybridized carbons (Fsp3) is 0.500. The van der Waals surface area contributed by atoms with Crippen molar-refractivity contribution in [3.05, 3.63) is 24.0 Å². The average molecular weight is 292 g/mol. The summed E-state index contributed by atoms with van der Waals surface area (Å²) in [6.45, 7) is 4.12. The number of nitrogens with zero attached hydrogens (tertiary/aromatic N) is 3. The summed E-state index contributed by atoms with van der Waals surface area (Å²) >= 11 is 0. The van der Waals surface area contributed by atoms with Crippen molar-refractivity contribution in [2.45, 2.75) is 6.42 Å². The minimum absolute atomic E-state index is 0.183. The van der Waals surface area contributed by atoms with Crippen LogP contribution < -0.4 is 10.6 Å². The molecule has 114 valence electrons. The van der Waals surface area contributed by atoms with Gasteiger partial charge in [-0.05, 0) is 12.1 Å². The standard InChI is InChI=1S/C14H20N4O3/c1-21-13(19)3-5-17-6-8-18(9-7-17)11-2-4-16-12(10-11)14(15)20/h2,4,10H,3,5-9H2,1H3,(H2,15,20). The lowest BCUT2D eigenvalue weighted by molar-refractivity contribution is -0.141. The van der Waals surface area contributed by atoms with Gasteiger partial charge in [-0.2, -0.15) is 0 Å². The van der Waals surface area contributed by atoms with Crippen molar-refractivity contribution >= 4 is 17.6 Å². The molecule has 1 aliphatic rings. The largest absolute Gasteiger partial charge is 0.469 e. The number of primary amides is 1. The molecule has 0 bridgehead atoms. The lowest BCUT2D eigenvalue weighted by Crippen LogP contribution is -2.47. The highest BCUT2D eigenvalue weighted by molar-refractivity contribution is 5.91. The number of amides is 1. The van der Waals surface area contributed by atoms with Gasteiger partial charge in [0.05, 0.1) is 13.5 Å². The van der Waals surface area contributed by atoms with Crippen LogP contribution in [-0.2, 0) is 9.53 Å². The van der Waals surface area contributed by atoms with Crippen LogP contribution in [0.2, 0.25) is 0 Å². The summed E-state index contributed by atoms with van der Waals surface area (Å²) in [5, 5.41) is 0. The highest BCUT2D eigenvalue weighted by atomic mass is 16.5. The quantitative estimate of drug-likeness (QED) is 0.760. The van der Waals surface area contributed by atoms with Crippen molar-refractivity contribution < 1.29 is 14.3 Å². The minimum Gasteiger partial charge on any atom is -0.469 e. The van der Waals surface area contributed by atoms with Crippen LogP contribution >= 0.6 is 0 Å². The summed E-state index contributed by atoms with van der Waals surface area (Å²) < 4.78 is 4.64. The summed E-state index contributed by atoms with van der Waals surface area (Å²) in [4.78, 5) is 30.6. The normalized spacial score (nSPS) is 15.8. The maximum atomic E-state index is 11.2. The maximum absolute atomic E-state index is 11.2. The van der Waals surface area contributed by atoms with Gasteiger partial charge in [0.1, 0.15) is 5.69 Å². The van der Waals surface area contributed by atoms with Crippen molar-refractivity contribution in [2.24, 2.45) is 5.73 Å². The number of piperazine rings is 1. The molecule has 0 saturated carbocycles. The van der Waals surface area contributed by atoms with E-state index in [4.69, 9.17) is 5.73 Å². The first-order valence-electron chi connectivity index (χ1n) is 6.90. The van der Waals surface area contributed by atoms with Crippen LogP contribution in [0.15, 0.2) is 18.3 Å². The van der Waals surface area contributed by atoms with E-state index >= 15 is 0 Å². The molecule has 2 heterocycles. The number of ether oxygens (including phenoxy) is 1. The number of hydrogen-bond donors (Lipinski definition) is 1. The number of rotatable bonds is 5. The zero-order valence-electron chi connectivity index (χ0n) is 12.1. The summed E-state index contributed by atoms with van der Waals surface area (Å²) in [5.41, 5.74) is 6.47. The molecule has 2 rings (SSSR count). The van der Waals surface area contributed by atoms with Crippen molar-refractivity contribution in [2.75, 3.05) is 44.7 Å². The van der Waals surface area contributed by atoms with Crippen LogP contribution in [0, 0.1) is 0 Å². The van der Waals surface area contributed by atoms with Gasteiger partial charge in [0.25, 0.3) is 5.91 Å². The Morgan fingerprint density at radius 3 is 2.67 bits per heavy atom. The van der Waals surface area contributed by atoms with E-state index in [1.807, 2.05) is 6.07 Å². The zero-order chi connectivity index (χ0) is 15.2. The number of carbonyl (C=O) groups excluding carboxylic acids is 2. The van der Waals surface area contributed by atoms with E-state index in [0.717, 1.165) is 31.9 Å². The molecule has 1 saturated heterocycles. The summed E-state index contributed by atoms with van der Waals surface area (Å²) in [6, 6.07) is 3.59. The number of anilines is 1. The summed E-state index contributed by atoms with van der Waals surface area (Å²) in [7, 11) is 1.40. The number of pyridine rings is 1. The number of aromatic nitrogens is 1. The molecule has 1 fully saturated rings.